The van der Waals surface area contributed by atoms with Crippen molar-refractivity contribution >= 4 is 27.5 Å². The van der Waals surface area contributed by atoms with E-state index in [0.29, 0.717) is 0 Å². The standard InChI is InChI=1S/C12H15ClN2O3S/c1-8(2)9-6-11(16)15(7-9)19(17,18)10-4-3-5-14-12(10)13/h3-5,8-9H,6-7H2,1-2H3. The van der Waals surface area contributed by atoms with Crippen LogP contribution in [0.3, 0.4) is 0 Å². The molecule has 0 aliphatic carbocycles. The molecule has 1 amide bonds. The molecular formula is C12H15ClN2O3S. The fourth-order valence-electron chi connectivity index (χ4n) is 2.07. The molecule has 1 saturated heterocycles. The van der Waals surface area contributed by atoms with Crippen LogP contribution in [0, 0.1) is 11.8 Å². The summed E-state index contributed by atoms with van der Waals surface area (Å²) in [6.07, 6.45) is 1.67. The maximum Gasteiger partial charge on any atom is 0.269 e. The molecule has 0 aromatic carbocycles. The summed E-state index contributed by atoms with van der Waals surface area (Å²) < 4.78 is 25.7. The first-order valence-corrected chi connectivity index (χ1v) is 7.82. The zero-order valence-corrected chi connectivity index (χ0v) is 12.3. The van der Waals surface area contributed by atoms with E-state index < -0.39 is 10.0 Å². The largest absolute Gasteiger partial charge is 0.274 e. The highest BCUT2D eigenvalue weighted by Crippen LogP contribution is 2.31. The van der Waals surface area contributed by atoms with E-state index in [4.69, 9.17) is 11.6 Å². The Morgan fingerprint density at radius 2 is 2.16 bits per heavy atom. The van der Waals surface area contributed by atoms with Crippen molar-refractivity contribution in [2.75, 3.05) is 6.54 Å². The van der Waals surface area contributed by atoms with Crippen molar-refractivity contribution in [2.45, 2.75) is 25.2 Å². The number of aromatic nitrogens is 1. The molecule has 0 spiro atoms. The summed E-state index contributed by atoms with van der Waals surface area (Å²) >= 11 is 5.81. The Labute approximate surface area is 117 Å². The lowest BCUT2D eigenvalue weighted by atomic mass is 9.95. The highest BCUT2D eigenvalue weighted by molar-refractivity contribution is 7.89. The molecule has 1 aromatic heterocycles. The second kappa shape index (κ2) is 5.09. The van der Waals surface area contributed by atoms with Crippen molar-refractivity contribution in [3.63, 3.8) is 0 Å². The first kappa shape index (κ1) is 14.3. The Balaban J connectivity index is 2.37. The van der Waals surface area contributed by atoms with E-state index in [0.717, 1.165) is 4.31 Å². The first-order chi connectivity index (χ1) is 8.84. The molecule has 0 saturated carbocycles. The van der Waals surface area contributed by atoms with Gasteiger partial charge < -0.3 is 0 Å². The molecule has 19 heavy (non-hydrogen) atoms. The second-order valence-electron chi connectivity index (χ2n) is 4.93. The van der Waals surface area contributed by atoms with Crippen molar-refractivity contribution in [1.82, 2.24) is 9.29 Å². The van der Waals surface area contributed by atoms with Gasteiger partial charge >= 0.3 is 0 Å². The van der Waals surface area contributed by atoms with Crippen LogP contribution in [0.2, 0.25) is 5.15 Å². The van der Waals surface area contributed by atoms with E-state index in [1.54, 1.807) is 0 Å². The van der Waals surface area contributed by atoms with E-state index >= 15 is 0 Å². The van der Waals surface area contributed by atoms with Crippen molar-refractivity contribution in [1.29, 1.82) is 0 Å². The minimum Gasteiger partial charge on any atom is -0.274 e. The third-order valence-electron chi connectivity index (χ3n) is 3.35. The van der Waals surface area contributed by atoms with Crippen LogP contribution in [0.4, 0.5) is 0 Å². The van der Waals surface area contributed by atoms with Gasteiger partial charge in [-0.25, -0.2) is 17.7 Å². The summed E-state index contributed by atoms with van der Waals surface area (Å²) in [6.45, 7) is 4.17. The molecule has 2 rings (SSSR count). The molecule has 7 heteroatoms. The maximum atomic E-state index is 12.4. The molecular weight excluding hydrogens is 288 g/mol. The molecule has 2 heterocycles. The summed E-state index contributed by atoms with van der Waals surface area (Å²) in [5.74, 6) is -0.0649. The number of carbonyl (C=O) groups excluding carboxylic acids is 1. The molecule has 0 radical (unpaired) electrons. The number of rotatable bonds is 3. The van der Waals surface area contributed by atoms with Crippen molar-refractivity contribution in [3.8, 4) is 0 Å². The van der Waals surface area contributed by atoms with Gasteiger partial charge in [-0.1, -0.05) is 25.4 Å². The number of pyridine rings is 1. The van der Waals surface area contributed by atoms with E-state index in [1.165, 1.54) is 18.3 Å². The Kier molecular flexibility index (Phi) is 3.82. The van der Waals surface area contributed by atoms with Crippen molar-refractivity contribution in [2.24, 2.45) is 11.8 Å². The van der Waals surface area contributed by atoms with Gasteiger partial charge in [0.15, 0.2) is 0 Å². The third kappa shape index (κ3) is 2.60. The molecule has 1 aliphatic heterocycles. The van der Waals surface area contributed by atoms with E-state index in [1.807, 2.05) is 13.8 Å². The number of halogens is 1. The Hall–Kier alpha value is -1.14. The van der Waals surface area contributed by atoms with Gasteiger partial charge in [-0.2, -0.15) is 0 Å². The minimum absolute atomic E-state index is 0.0534. The molecule has 0 N–H and O–H groups in total. The van der Waals surface area contributed by atoms with Crippen molar-refractivity contribution < 1.29 is 13.2 Å². The lowest BCUT2D eigenvalue weighted by molar-refractivity contribution is -0.123. The number of sulfonamides is 1. The topological polar surface area (TPSA) is 67.3 Å². The van der Waals surface area contributed by atoms with Gasteiger partial charge in [0.25, 0.3) is 10.0 Å². The van der Waals surface area contributed by atoms with Crippen LogP contribution in [-0.4, -0.2) is 30.2 Å². The average Bonchev–Trinajstić information content (AvgIpc) is 2.72. The van der Waals surface area contributed by atoms with Gasteiger partial charge in [-0.15, -0.1) is 0 Å². The van der Waals surface area contributed by atoms with Crippen LogP contribution < -0.4 is 0 Å². The monoisotopic (exact) mass is 302 g/mol. The van der Waals surface area contributed by atoms with Crippen LogP contribution in [0.5, 0.6) is 0 Å². The minimum atomic E-state index is -3.90. The predicted octanol–water partition coefficient (Wildman–Crippen LogP) is 1.93. The summed E-state index contributed by atoms with van der Waals surface area (Å²) in [5.41, 5.74) is 0. The SMILES string of the molecule is CC(C)C1CC(=O)N(S(=O)(=O)c2cccnc2Cl)C1. The first-order valence-electron chi connectivity index (χ1n) is 6.00. The quantitative estimate of drug-likeness (QED) is 0.800. The second-order valence-corrected chi connectivity index (χ2v) is 7.12. The number of amides is 1. The normalized spacial score (nSPS) is 20.3. The lowest BCUT2D eigenvalue weighted by Gasteiger charge is -2.18. The molecule has 0 bridgehead atoms. The lowest BCUT2D eigenvalue weighted by Crippen LogP contribution is -2.33. The summed E-state index contributed by atoms with van der Waals surface area (Å²) in [5, 5.41) is -0.108. The third-order valence-corrected chi connectivity index (χ3v) is 5.58. The van der Waals surface area contributed by atoms with Crippen LogP contribution in [0.15, 0.2) is 23.2 Å². The van der Waals surface area contributed by atoms with Gasteiger partial charge in [0.2, 0.25) is 5.91 Å². The molecule has 104 valence electrons. The molecule has 1 aromatic rings. The molecule has 1 unspecified atom stereocenters. The van der Waals surface area contributed by atoms with Crippen LogP contribution in [-0.2, 0) is 14.8 Å². The zero-order chi connectivity index (χ0) is 14.2. The van der Waals surface area contributed by atoms with Crippen molar-refractivity contribution in [3.05, 3.63) is 23.5 Å². The van der Waals surface area contributed by atoms with Gasteiger partial charge in [0.1, 0.15) is 10.0 Å². The smallest absolute Gasteiger partial charge is 0.269 e. The predicted molar refractivity (Wildman–Crippen MR) is 71.1 cm³/mol. The van der Waals surface area contributed by atoms with Gasteiger partial charge in [0, 0.05) is 19.2 Å². The number of hydrogen-bond donors (Lipinski definition) is 0. The van der Waals surface area contributed by atoms with Gasteiger partial charge in [-0.05, 0) is 24.0 Å². The Morgan fingerprint density at radius 1 is 1.47 bits per heavy atom. The van der Waals surface area contributed by atoms with Gasteiger partial charge in [0.05, 0.1) is 0 Å². The fourth-order valence-corrected chi connectivity index (χ4v) is 3.96. The molecule has 5 nitrogen and oxygen atoms in total. The number of carbonyl (C=O) groups is 1. The van der Waals surface area contributed by atoms with E-state index in [2.05, 4.69) is 4.98 Å². The summed E-state index contributed by atoms with van der Waals surface area (Å²) in [4.78, 5) is 15.5. The maximum absolute atomic E-state index is 12.4. The molecule has 1 atom stereocenters. The zero-order valence-electron chi connectivity index (χ0n) is 10.7. The van der Waals surface area contributed by atoms with Crippen LogP contribution in [0.1, 0.15) is 20.3 Å². The number of hydrogen-bond acceptors (Lipinski definition) is 4. The molecule has 1 aliphatic rings. The fraction of sp³-hybridized carbons (Fsp3) is 0.500. The number of nitrogens with zero attached hydrogens (tertiary/aromatic N) is 2. The summed E-state index contributed by atoms with van der Waals surface area (Å²) in [6, 6.07) is 2.85. The highest BCUT2D eigenvalue weighted by atomic mass is 35.5. The van der Waals surface area contributed by atoms with Gasteiger partial charge in [-0.3, -0.25) is 4.79 Å². The molecule has 1 fully saturated rings. The van der Waals surface area contributed by atoms with E-state index in [9.17, 15) is 13.2 Å². The Bertz CT molecular complexity index is 601. The van der Waals surface area contributed by atoms with Crippen LogP contribution in [0.25, 0.3) is 0 Å². The average molecular weight is 303 g/mol. The highest BCUT2D eigenvalue weighted by Gasteiger charge is 2.40. The Morgan fingerprint density at radius 3 is 2.68 bits per heavy atom. The van der Waals surface area contributed by atoms with E-state index in [-0.39, 0.29) is 40.8 Å². The van der Waals surface area contributed by atoms with Crippen LogP contribution >= 0.6 is 11.6 Å². The summed E-state index contributed by atoms with van der Waals surface area (Å²) in [7, 11) is -3.90.